The number of hydrogen-bond donors (Lipinski definition) is 0. The monoisotopic (exact) mass is 299 g/mol. The summed E-state index contributed by atoms with van der Waals surface area (Å²) in [4.78, 5) is 13.5. The van der Waals surface area contributed by atoms with Gasteiger partial charge in [-0.15, -0.1) is 0 Å². The Morgan fingerprint density at radius 1 is 1.37 bits per heavy atom. The lowest BCUT2D eigenvalue weighted by atomic mass is 10.1. The Balaban J connectivity index is 2.46. The average molecular weight is 299 g/mol. The highest BCUT2D eigenvalue weighted by atomic mass is 32.2. The van der Waals surface area contributed by atoms with Crippen LogP contribution in [-0.2, 0) is 9.84 Å². The van der Waals surface area contributed by atoms with Crippen LogP contribution in [0.3, 0.4) is 0 Å². The van der Waals surface area contributed by atoms with Crippen molar-refractivity contribution in [3.63, 3.8) is 0 Å². The summed E-state index contributed by atoms with van der Waals surface area (Å²) in [6.45, 7) is 2.15. The molecular formula is C13H17NO3S2. The Hall–Kier alpha value is -1.01. The van der Waals surface area contributed by atoms with Gasteiger partial charge in [0.1, 0.15) is 5.37 Å². The van der Waals surface area contributed by atoms with E-state index in [1.165, 1.54) is 13.2 Å². The van der Waals surface area contributed by atoms with Crippen molar-refractivity contribution in [1.29, 1.82) is 0 Å². The Morgan fingerprint density at radius 3 is 2.68 bits per heavy atom. The predicted molar refractivity (Wildman–Crippen MR) is 79.7 cm³/mol. The minimum atomic E-state index is -3.17. The van der Waals surface area contributed by atoms with Crippen LogP contribution in [0.2, 0.25) is 0 Å². The van der Waals surface area contributed by atoms with Crippen LogP contribution in [0.15, 0.2) is 24.3 Å². The SMILES string of the molecule is CC(=O)c1ccccc1N1CCSCC1S(C)(=O)=O. The fourth-order valence-corrected chi connectivity index (χ4v) is 5.07. The highest BCUT2D eigenvalue weighted by Crippen LogP contribution is 2.29. The predicted octanol–water partition coefficient (Wildman–Crippen LogP) is 1.81. The molecule has 0 N–H and O–H groups in total. The first-order valence-electron chi connectivity index (χ1n) is 6.04. The van der Waals surface area contributed by atoms with Crippen molar-refractivity contribution >= 4 is 33.1 Å². The first-order chi connectivity index (χ1) is 8.91. The smallest absolute Gasteiger partial charge is 0.169 e. The van der Waals surface area contributed by atoms with Gasteiger partial charge in [0.25, 0.3) is 0 Å². The number of ketones is 1. The van der Waals surface area contributed by atoms with Crippen LogP contribution in [0.5, 0.6) is 0 Å². The summed E-state index contributed by atoms with van der Waals surface area (Å²) in [6.07, 6.45) is 1.26. The Kier molecular flexibility index (Phi) is 4.20. The zero-order valence-corrected chi connectivity index (χ0v) is 12.6. The van der Waals surface area contributed by atoms with Crippen molar-refractivity contribution in [2.24, 2.45) is 0 Å². The fourth-order valence-electron chi connectivity index (χ4n) is 2.23. The van der Waals surface area contributed by atoms with Crippen LogP contribution in [0.4, 0.5) is 5.69 Å². The van der Waals surface area contributed by atoms with Crippen molar-refractivity contribution in [3.05, 3.63) is 29.8 Å². The van der Waals surface area contributed by atoms with E-state index in [1.54, 1.807) is 23.9 Å². The van der Waals surface area contributed by atoms with E-state index in [1.807, 2.05) is 17.0 Å². The van der Waals surface area contributed by atoms with Crippen molar-refractivity contribution in [1.82, 2.24) is 0 Å². The van der Waals surface area contributed by atoms with Crippen LogP contribution in [-0.4, -0.2) is 43.9 Å². The number of para-hydroxylation sites is 1. The highest BCUT2D eigenvalue weighted by molar-refractivity contribution is 8.01. The number of hydrogen-bond acceptors (Lipinski definition) is 5. The van der Waals surface area contributed by atoms with Gasteiger partial charge < -0.3 is 4.90 Å². The highest BCUT2D eigenvalue weighted by Gasteiger charge is 2.32. The topological polar surface area (TPSA) is 54.5 Å². The second-order valence-electron chi connectivity index (χ2n) is 4.63. The van der Waals surface area contributed by atoms with Gasteiger partial charge in [0.2, 0.25) is 0 Å². The zero-order valence-electron chi connectivity index (χ0n) is 11.0. The average Bonchev–Trinajstić information content (AvgIpc) is 2.37. The lowest BCUT2D eigenvalue weighted by molar-refractivity contribution is 0.101. The van der Waals surface area contributed by atoms with E-state index in [0.717, 1.165) is 11.4 Å². The molecule has 1 heterocycles. The van der Waals surface area contributed by atoms with E-state index in [2.05, 4.69) is 0 Å². The summed E-state index contributed by atoms with van der Waals surface area (Å²) in [5.41, 5.74) is 1.31. The maximum Gasteiger partial charge on any atom is 0.169 e. The van der Waals surface area contributed by atoms with Crippen LogP contribution in [0.1, 0.15) is 17.3 Å². The quantitative estimate of drug-likeness (QED) is 0.797. The maximum absolute atomic E-state index is 11.9. The summed E-state index contributed by atoms with van der Waals surface area (Å²) in [6, 6.07) is 7.21. The van der Waals surface area contributed by atoms with E-state index < -0.39 is 15.2 Å². The zero-order chi connectivity index (χ0) is 14.0. The molecule has 0 bridgehead atoms. The van der Waals surface area contributed by atoms with Gasteiger partial charge in [-0.25, -0.2) is 8.42 Å². The second-order valence-corrected chi connectivity index (χ2v) is 7.98. The number of rotatable bonds is 3. The summed E-state index contributed by atoms with van der Waals surface area (Å²) < 4.78 is 23.8. The molecule has 0 amide bonds. The van der Waals surface area contributed by atoms with Crippen LogP contribution in [0, 0.1) is 0 Å². The van der Waals surface area contributed by atoms with Crippen molar-refractivity contribution < 1.29 is 13.2 Å². The Labute approximate surface area is 118 Å². The summed E-state index contributed by atoms with van der Waals surface area (Å²) in [5, 5.41) is -0.549. The minimum Gasteiger partial charge on any atom is -0.353 e. The first kappa shape index (κ1) is 14.4. The van der Waals surface area contributed by atoms with Gasteiger partial charge in [0, 0.05) is 35.6 Å². The van der Waals surface area contributed by atoms with Crippen LogP contribution < -0.4 is 4.90 Å². The fraction of sp³-hybridized carbons (Fsp3) is 0.462. The number of carbonyl (C=O) groups is 1. The number of thioether (sulfide) groups is 1. The minimum absolute atomic E-state index is 0.0407. The molecule has 0 radical (unpaired) electrons. The van der Waals surface area contributed by atoms with Gasteiger partial charge in [-0.1, -0.05) is 12.1 Å². The van der Waals surface area contributed by atoms with Crippen molar-refractivity contribution in [3.8, 4) is 0 Å². The van der Waals surface area contributed by atoms with Gasteiger partial charge in [0.15, 0.2) is 15.6 Å². The lowest BCUT2D eigenvalue weighted by Crippen LogP contribution is -2.47. The molecule has 1 unspecified atom stereocenters. The molecule has 19 heavy (non-hydrogen) atoms. The van der Waals surface area contributed by atoms with E-state index >= 15 is 0 Å². The molecule has 0 aromatic heterocycles. The molecule has 1 atom stereocenters. The lowest BCUT2D eigenvalue weighted by Gasteiger charge is -2.36. The molecular weight excluding hydrogens is 282 g/mol. The van der Waals surface area contributed by atoms with Gasteiger partial charge in [-0.3, -0.25) is 4.79 Å². The van der Waals surface area contributed by atoms with Gasteiger partial charge in [0.05, 0.1) is 0 Å². The molecule has 1 aromatic rings. The van der Waals surface area contributed by atoms with E-state index in [-0.39, 0.29) is 5.78 Å². The third-order valence-corrected chi connectivity index (χ3v) is 5.81. The molecule has 6 heteroatoms. The number of sulfone groups is 1. The largest absolute Gasteiger partial charge is 0.353 e. The number of benzene rings is 1. The molecule has 104 valence electrons. The number of anilines is 1. The number of carbonyl (C=O) groups excluding carboxylic acids is 1. The standard InChI is InChI=1S/C13H17NO3S2/c1-10(15)11-5-3-4-6-12(11)14-7-8-18-9-13(14)19(2,16)17/h3-6,13H,7-9H2,1-2H3. The number of nitrogens with zero attached hydrogens (tertiary/aromatic N) is 1. The van der Waals surface area contributed by atoms with E-state index in [4.69, 9.17) is 0 Å². The molecule has 1 aromatic carbocycles. The Bertz CT molecular complexity index is 583. The third-order valence-electron chi connectivity index (χ3n) is 3.17. The summed E-state index contributed by atoms with van der Waals surface area (Å²) in [7, 11) is -3.17. The van der Waals surface area contributed by atoms with E-state index in [0.29, 0.717) is 17.9 Å². The molecule has 2 rings (SSSR count). The second kappa shape index (κ2) is 5.54. The normalized spacial score (nSPS) is 20.3. The summed E-state index contributed by atoms with van der Waals surface area (Å²) in [5.74, 6) is 1.38. The summed E-state index contributed by atoms with van der Waals surface area (Å²) >= 11 is 1.64. The van der Waals surface area contributed by atoms with Gasteiger partial charge >= 0.3 is 0 Å². The molecule has 0 spiro atoms. The maximum atomic E-state index is 11.9. The van der Waals surface area contributed by atoms with Crippen molar-refractivity contribution in [2.45, 2.75) is 12.3 Å². The Morgan fingerprint density at radius 2 is 2.05 bits per heavy atom. The molecule has 0 aliphatic carbocycles. The third kappa shape index (κ3) is 3.12. The molecule has 1 aliphatic rings. The van der Waals surface area contributed by atoms with Gasteiger partial charge in [-0.05, 0) is 19.1 Å². The molecule has 4 nitrogen and oxygen atoms in total. The molecule has 0 saturated carbocycles. The first-order valence-corrected chi connectivity index (χ1v) is 9.15. The molecule has 1 saturated heterocycles. The molecule has 1 aliphatic heterocycles. The van der Waals surface area contributed by atoms with Gasteiger partial charge in [-0.2, -0.15) is 11.8 Å². The van der Waals surface area contributed by atoms with E-state index in [9.17, 15) is 13.2 Å². The van der Waals surface area contributed by atoms with Crippen LogP contribution in [0.25, 0.3) is 0 Å². The van der Waals surface area contributed by atoms with Crippen molar-refractivity contribution in [2.75, 3.05) is 29.2 Å². The van der Waals surface area contributed by atoms with Crippen LogP contribution >= 0.6 is 11.8 Å². The molecule has 1 fully saturated rings. The number of Topliss-reactive ketones (excluding diaryl/α,β-unsaturated/α-hetero) is 1.